The maximum absolute atomic E-state index is 6.54. The molecule has 46 heavy (non-hydrogen) atoms. The molecule has 0 amide bonds. The number of para-hydroxylation sites is 6. The Morgan fingerprint density at radius 1 is 0.304 bits per heavy atom. The molecule has 0 aliphatic carbocycles. The number of hydrogen-bond donors (Lipinski definition) is 0. The van der Waals surface area contributed by atoms with Gasteiger partial charge >= 0.3 is 0 Å². The van der Waals surface area contributed by atoms with Gasteiger partial charge in [0.2, 0.25) is 0 Å². The molecule has 0 fully saturated rings. The number of fused-ring (bicyclic) bond motifs is 6. The molecule has 4 heteroatoms. The van der Waals surface area contributed by atoms with E-state index in [4.69, 9.17) is 8.83 Å². The zero-order valence-electron chi connectivity index (χ0n) is 24.9. The Morgan fingerprint density at radius 2 is 0.674 bits per heavy atom. The molecule has 218 valence electrons. The molecule has 0 aliphatic heterocycles. The van der Waals surface area contributed by atoms with Crippen LogP contribution in [0.3, 0.4) is 0 Å². The lowest BCUT2D eigenvalue weighted by molar-refractivity contribution is 0.669. The summed E-state index contributed by atoms with van der Waals surface area (Å²) in [7, 11) is 0. The van der Waals surface area contributed by atoms with Crippen molar-refractivity contribution in [2.45, 2.75) is 0 Å². The number of rotatable bonds is 6. The first-order valence-electron chi connectivity index (χ1n) is 15.4. The number of nitrogens with zero attached hydrogens (tertiary/aromatic N) is 2. The minimum absolute atomic E-state index is 0.852. The van der Waals surface area contributed by atoms with E-state index in [-0.39, 0.29) is 0 Å². The van der Waals surface area contributed by atoms with Gasteiger partial charge in [-0.1, -0.05) is 103 Å². The van der Waals surface area contributed by atoms with Crippen LogP contribution in [0, 0.1) is 0 Å². The molecule has 0 spiro atoms. The van der Waals surface area contributed by atoms with E-state index in [1.165, 1.54) is 0 Å². The van der Waals surface area contributed by atoms with Gasteiger partial charge in [-0.3, -0.25) is 0 Å². The van der Waals surface area contributed by atoms with E-state index in [1.54, 1.807) is 0 Å². The van der Waals surface area contributed by atoms with Crippen LogP contribution in [0.4, 0.5) is 34.1 Å². The summed E-state index contributed by atoms with van der Waals surface area (Å²) < 4.78 is 13.1. The fourth-order valence-corrected chi connectivity index (χ4v) is 6.60. The summed E-state index contributed by atoms with van der Waals surface area (Å²) in [5, 5.41) is 4.39. The highest BCUT2D eigenvalue weighted by atomic mass is 16.3. The van der Waals surface area contributed by atoms with Crippen molar-refractivity contribution in [3.05, 3.63) is 170 Å². The first-order chi connectivity index (χ1) is 22.8. The van der Waals surface area contributed by atoms with Gasteiger partial charge in [-0.05, 0) is 66.7 Å². The molecule has 0 aliphatic rings. The molecule has 0 atom stereocenters. The average Bonchev–Trinajstić information content (AvgIpc) is 3.70. The third-order valence-electron chi connectivity index (χ3n) is 8.62. The molecular formula is C42H28N2O2. The topological polar surface area (TPSA) is 32.8 Å². The van der Waals surface area contributed by atoms with Gasteiger partial charge in [0.25, 0.3) is 0 Å². The molecule has 0 saturated carbocycles. The molecular weight excluding hydrogens is 564 g/mol. The number of benzene rings is 7. The first-order valence-corrected chi connectivity index (χ1v) is 15.4. The van der Waals surface area contributed by atoms with Crippen molar-refractivity contribution in [2.75, 3.05) is 9.80 Å². The quantitative estimate of drug-likeness (QED) is 0.192. The van der Waals surface area contributed by atoms with Crippen LogP contribution in [-0.2, 0) is 0 Å². The van der Waals surface area contributed by atoms with Crippen LogP contribution in [-0.4, -0.2) is 0 Å². The Balaban J connectivity index is 1.27. The summed E-state index contributed by atoms with van der Waals surface area (Å²) in [6.07, 6.45) is 0. The Morgan fingerprint density at radius 3 is 1.15 bits per heavy atom. The van der Waals surface area contributed by atoms with E-state index in [0.29, 0.717) is 0 Å². The number of anilines is 6. The maximum Gasteiger partial charge on any atom is 0.159 e. The van der Waals surface area contributed by atoms with Crippen LogP contribution in [0.2, 0.25) is 0 Å². The monoisotopic (exact) mass is 592 g/mol. The summed E-state index contributed by atoms with van der Waals surface area (Å²) in [5.41, 5.74) is 9.50. The molecule has 2 heterocycles. The SMILES string of the molecule is c1ccc(N(c2cccc(N(c3ccccc3)c3cccc4c3oc3ccccc34)c2)c2cccc3c2oc2ccccc23)cc1. The summed E-state index contributed by atoms with van der Waals surface area (Å²) in [5.74, 6) is 0. The molecule has 0 N–H and O–H groups in total. The Labute approximate surface area is 265 Å². The van der Waals surface area contributed by atoms with Gasteiger partial charge in [0.1, 0.15) is 11.2 Å². The van der Waals surface area contributed by atoms with E-state index in [0.717, 1.165) is 78.0 Å². The number of furan rings is 2. The second-order valence-electron chi connectivity index (χ2n) is 11.4. The molecule has 9 rings (SSSR count). The lowest BCUT2D eigenvalue weighted by Gasteiger charge is -2.29. The van der Waals surface area contributed by atoms with E-state index in [2.05, 4.69) is 143 Å². The van der Waals surface area contributed by atoms with Gasteiger partial charge in [-0.25, -0.2) is 0 Å². The van der Waals surface area contributed by atoms with Gasteiger partial charge in [-0.15, -0.1) is 0 Å². The van der Waals surface area contributed by atoms with Crippen LogP contribution in [0.1, 0.15) is 0 Å². The largest absolute Gasteiger partial charge is 0.454 e. The van der Waals surface area contributed by atoms with E-state index in [9.17, 15) is 0 Å². The maximum atomic E-state index is 6.54. The summed E-state index contributed by atoms with van der Waals surface area (Å²) >= 11 is 0. The highest BCUT2D eigenvalue weighted by Gasteiger charge is 2.22. The van der Waals surface area contributed by atoms with Crippen molar-refractivity contribution in [1.82, 2.24) is 0 Å². The van der Waals surface area contributed by atoms with Crippen molar-refractivity contribution in [2.24, 2.45) is 0 Å². The minimum atomic E-state index is 0.852. The van der Waals surface area contributed by atoms with Gasteiger partial charge in [0.05, 0.1) is 11.4 Å². The van der Waals surface area contributed by atoms with E-state index < -0.39 is 0 Å². The van der Waals surface area contributed by atoms with Gasteiger partial charge in [-0.2, -0.15) is 0 Å². The van der Waals surface area contributed by atoms with Crippen molar-refractivity contribution < 1.29 is 8.83 Å². The van der Waals surface area contributed by atoms with Crippen LogP contribution in [0.15, 0.2) is 179 Å². The van der Waals surface area contributed by atoms with Crippen molar-refractivity contribution >= 4 is 78.0 Å². The van der Waals surface area contributed by atoms with E-state index in [1.807, 2.05) is 36.4 Å². The minimum Gasteiger partial charge on any atom is -0.454 e. The second-order valence-corrected chi connectivity index (χ2v) is 11.4. The van der Waals surface area contributed by atoms with Crippen molar-refractivity contribution in [1.29, 1.82) is 0 Å². The Bertz CT molecular complexity index is 2320. The second kappa shape index (κ2) is 10.7. The predicted molar refractivity (Wildman–Crippen MR) is 190 cm³/mol. The molecule has 7 aromatic carbocycles. The highest BCUT2D eigenvalue weighted by Crippen LogP contribution is 2.46. The molecule has 9 aromatic rings. The van der Waals surface area contributed by atoms with Crippen LogP contribution in [0.25, 0.3) is 43.9 Å². The summed E-state index contributed by atoms with van der Waals surface area (Å²) in [4.78, 5) is 4.55. The van der Waals surface area contributed by atoms with E-state index >= 15 is 0 Å². The summed E-state index contributed by atoms with van der Waals surface area (Å²) in [6, 6.07) is 58.8. The normalized spacial score (nSPS) is 11.5. The molecule has 4 nitrogen and oxygen atoms in total. The molecule has 0 saturated heterocycles. The average molecular weight is 593 g/mol. The summed E-state index contributed by atoms with van der Waals surface area (Å²) in [6.45, 7) is 0. The molecule has 0 radical (unpaired) electrons. The standard InChI is InChI=1S/C42H28N2O2/c1-3-14-29(15-4-1)43(37-24-12-22-35-33-20-7-9-26-39(33)45-41(35)37)31-18-11-19-32(28-31)44(30-16-5-2-6-17-30)38-25-13-23-36-34-21-8-10-27-40(34)46-42(36)38/h1-28H. The lowest BCUT2D eigenvalue weighted by atomic mass is 10.1. The predicted octanol–water partition coefficient (Wildman–Crippen LogP) is 12.4. The third kappa shape index (κ3) is 4.23. The van der Waals surface area contributed by atoms with Crippen molar-refractivity contribution in [3.63, 3.8) is 0 Å². The van der Waals surface area contributed by atoms with Gasteiger partial charge in [0, 0.05) is 44.3 Å². The van der Waals surface area contributed by atoms with Crippen molar-refractivity contribution in [3.8, 4) is 0 Å². The van der Waals surface area contributed by atoms with Crippen LogP contribution < -0.4 is 9.80 Å². The van der Waals surface area contributed by atoms with Gasteiger partial charge < -0.3 is 18.6 Å². The highest BCUT2D eigenvalue weighted by molar-refractivity contribution is 6.11. The fraction of sp³-hybridized carbons (Fsp3) is 0. The molecule has 0 bridgehead atoms. The van der Waals surface area contributed by atoms with Gasteiger partial charge in [0.15, 0.2) is 11.2 Å². The molecule has 2 aromatic heterocycles. The Hall–Kier alpha value is -6.26. The smallest absolute Gasteiger partial charge is 0.159 e. The lowest BCUT2D eigenvalue weighted by Crippen LogP contribution is -2.13. The van der Waals surface area contributed by atoms with Crippen LogP contribution in [0.5, 0.6) is 0 Å². The first kappa shape index (κ1) is 26.2. The number of hydrogen-bond acceptors (Lipinski definition) is 4. The molecule has 0 unspecified atom stereocenters. The zero-order chi connectivity index (χ0) is 30.5. The zero-order valence-corrected chi connectivity index (χ0v) is 24.9. The Kier molecular flexibility index (Phi) is 6.10. The fourth-order valence-electron chi connectivity index (χ4n) is 6.60. The van der Waals surface area contributed by atoms with Crippen LogP contribution >= 0.6 is 0 Å². The third-order valence-corrected chi connectivity index (χ3v) is 8.62.